The van der Waals surface area contributed by atoms with Crippen molar-refractivity contribution in [1.29, 1.82) is 0 Å². The predicted molar refractivity (Wildman–Crippen MR) is 92.2 cm³/mol. The monoisotopic (exact) mass is 299 g/mol. The average molecular weight is 299 g/mol. The molecule has 1 saturated carbocycles. The van der Waals surface area contributed by atoms with Gasteiger partial charge in [0.05, 0.1) is 7.11 Å². The molecule has 2 unspecified atom stereocenters. The second-order valence-electron chi connectivity index (χ2n) is 7.03. The Morgan fingerprint density at radius 2 is 2.14 bits per heavy atom. The fourth-order valence-electron chi connectivity index (χ4n) is 3.62. The highest BCUT2D eigenvalue weighted by Crippen LogP contribution is 2.36. The zero-order valence-corrected chi connectivity index (χ0v) is 14.0. The molecule has 0 spiro atoms. The van der Waals surface area contributed by atoms with Gasteiger partial charge in [0.25, 0.3) is 0 Å². The van der Waals surface area contributed by atoms with Gasteiger partial charge in [-0.05, 0) is 75.1 Å². The first kappa shape index (κ1) is 15.6. The number of hydrogen-bond donors (Lipinski definition) is 0. The summed E-state index contributed by atoms with van der Waals surface area (Å²) >= 11 is 0. The maximum Gasteiger partial charge on any atom is 0.119 e. The Balaban J connectivity index is 1.76. The molecule has 0 amide bonds. The third kappa shape index (κ3) is 4.13. The number of benzene rings is 1. The van der Waals surface area contributed by atoms with Crippen molar-refractivity contribution in [1.82, 2.24) is 4.90 Å². The molecule has 0 aliphatic heterocycles. The Kier molecular flexibility index (Phi) is 5.20. The van der Waals surface area contributed by atoms with Crippen LogP contribution in [0, 0.1) is 11.8 Å². The van der Waals surface area contributed by atoms with Gasteiger partial charge in [-0.3, -0.25) is 4.90 Å². The Hall–Kier alpha value is -1.28. The van der Waals surface area contributed by atoms with E-state index in [0.29, 0.717) is 6.04 Å². The van der Waals surface area contributed by atoms with Gasteiger partial charge in [-0.25, -0.2) is 0 Å². The summed E-state index contributed by atoms with van der Waals surface area (Å²) in [6, 6.07) is 9.16. The second kappa shape index (κ2) is 7.32. The molecule has 0 saturated heterocycles. The molecule has 2 aliphatic rings. The van der Waals surface area contributed by atoms with Crippen molar-refractivity contribution in [2.75, 3.05) is 20.7 Å². The summed E-state index contributed by atoms with van der Waals surface area (Å²) in [6.07, 6.45) is 12.8. The van der Waals surface area contributed by atoms with Crippen molar-refractivity contribution in [2.24, 2.45) is 11.8 Å². The highest BCUT2D eigenvalue weighted by atomic mass is 16.5. The summed E-state index contributed by atoms with van der Waals surface area (Å²) < 4.78 is 5.44. The maximum atomic E-state index is 5.44. The van der Waals surface area contributed by atoms with E-state index in [0.717, 1.165) is 17.6 Å². The van der Waals surface area contributed by atoms with Crippen LogP contribution in [0.5, 0.6) is 5.75 Å². The van der Waals surface area contributed by atoms with Gasteiger partial charge in [-0.15, -0.1) is 0 Å². The molecule has 3 rings (SSSR count). The van der Waals surface area contributed by atoms with E-state index in [-0.39, 0.29) is 0 Å². The summed E-state index contributed by atoms with van der Waals surface area (Å²) in [5.41, 5.74) is 1.40. The minimum Gasteiger partial charge on any atom is -0.497 e. The minimum absolute atomic E-state index is 0.503. The van der Waals surface area contributed by atoms with Crippen LogP contribution in [-0.2, 0) is 0 Å². The van der Waals surface area contributed by atoms with Gasteiger partial charge in [-0.1, -0.05) is 24.3 Å². The predicted octanol–water partition coefficient (Wildman–Crippen LogP) is 4.82. The summed E-state index contributed by atoms with van der Waals surface area (Å²) in [7, 11) is 4.06. The van der Waals surface area contributed by atoms with Gasteiger partial charge in [0.2, 0.25) is 0 Å². The minimum atomic E-state index is 0.503. The maximum absolute atomic E-state index is 5.44. The summed E-state index contributed by atoms with van der Waals surface area (Å²) in [6.45, 7) is 1.23. The van der Waals surface area contributed by atoms with Crippen LogP contribution in [0.1, 0.15) is 50.1 Å². The summed E-state index contributed by atoms with van der Waals surface area (Å²) in [5, 5.41) is 0. The molecule has 0 heterocycles. The lowest BCUT2D eigenvalue weighted by Crippen LogP contribution is -2.28. The normalized spacial score (nSPS) is 22.8. The van der Waals surface area contributed by atoms with Crippen LogP contribution in [0.3, 0.4) is 0 Å². The van der Waals surface area contributed by atoms with Gasteiger partial charge in [0, 0.05) is 12.6 Å². The standard InChI is InChI=1S/C20H29NO/c1-21(15-17-11-12-17)20(13-16-7-4-3-5-8-16)18-9-6-10-19(14-18)22-2/h4,6-7,9-10,14,16-17,20H,3,5,8,11-13,15H2,1-2H3. The molecule has 1 aromatic carbocycles. The van der Waals surface area contributed by atoms with Crippen LogP contribution in [0.25, 0.3) is 0 Å². The molecule has 2 heteroatoms. The number of methoxy groups -OCH3 is 1. The fourth-order valence-corrected chi connectivity index (χ4v) is 3.62. The van der Waals surface area contributed by atoms with Crippen molar-refractivity contribution in [3.63, 3.8) is 0 Å². The Bertz CT molecular complexity index is 506. The average Bonchev–Trinajstić information content (AvgIpc) is 3.37. The first-order valence-corrected chi connectivity index (χ1v) is 8.77. The SMILES string of the molecule is COc1cccc(C(CC2C=CCCC2)N(C)CC2CC2)c1. The van der Waals surface area contributed by atoms with E-state index in [1.807, 2.05) is 6.07 Å². The molecule has 1 fully saturated rings. The van der Waals surface area contributed by atoms with E-state index < -0.39 is 0 Å². The molecule has 120 valence electrons. The van der Waals surface area contributed by atoms with E-state index in [9.17, 15) is 0 Å². The number of allylic oxidation sites excluding steroid dienone is 2. The lowest BCUT2D eigenvalue weighted by molar-refractivity contribution is 0.204. The van der Waals surface area contributed by atoms with E-state index in [1.54, 1.807) is 7.11 Å². The molecule has 2 aliphatic carbocycles. The Morgan fingerprint density at radius 3 is 2.82 bits per heavy atom. The van der Waals surface area contributed by atoms with Crippen LogP contribution in [0.2, 0.25) is 0 Å². The smallest absolute Gasteiger partial charge is 0.119 e. The van der Waals surface area contributed by atoms with Gasteiger partial charge in [0.1, 0.15) is 5.75 Å². The van der Waals surface area contributed by atoms with Crippen molar-refractivity contribution in [3.8, 4) is 5.75 Å². The first-order chi connectivity index (χ1) is 10.8. The zero-order chi connectivity index (χ0) is 15.4. The molecule has 2 nitrogen and oxygen atoms in total. The van der Waals surface area contributed by atoms with Gasteiger partial charge < -0.3 is 4.74 Å². The summed E-state index contributed by atoms with van der Waals surface area (Å²) in [4.78, 5) is 2.58. The van der Waals surface area contributed by atoms with E-state index in [1.165, 1.54) is 50.6 Å². The number of ether oxygens (including phenoxy) is 1. The molecule has 1 aromatic rings. The molecular formula is C20H29NO. The third-order valence-corrected chi connectivity index (χ3v) is 5.13. The zero-order valence-electron chi connectivity index (χ0n) is 14.0. The number of hydrogen-bond acceptors (Lipinski definition) is 2. The summed E-state index contributed by atoms with van der Waals surface area (Å²) in [5.74, 6) is 2.63. The second-order valence-corrected chi connectivity index (χ2v) is 7.03. The molecule has 0 aromatic heterocycles. The lowest BCUT2D eigenvalue weighted by atomic mass is 9.87. The Morgan fingerprint density at radius 1 is 1.27 bits per heavy atom. The quantitative estimate of drug-likeness (QED) is 0.669. The Labute approximate surface area is 135 Å². The van der Waals surface area contributed by atoms with Crippen molar-refractivity contribution >= 4 is 0 Å². The van der Waals surface area contributed by atoms with E-state index in [2.05, 4.69) is 42.3 Å². The molecular weight excluding hydrogens is 270 g/mol. The topological polar surface area (TPSA) is 12.5 Å². The van der Waals surface area contributed by atoms with E-state index in [4.69, 9.17) is 4.74 Å². The molecule has 22 heavy (non-hydrogen) atoms. The number of rotatable bonds is 7. The van der Waals surface area contributed by atoms with Crippen molar-refractivity contribution in [2.45, 2.75) is 44.6 Å². The number of nitrogens with zero attached hydrogens (tertiary/aromatic N) is 1. The highest BCUT2D eigenvalue weighted by molar-refractivity contribution is 5.30. The molecule has 0 radical (unpaired) electrons. The molecule has 0 bridgehead atoms. The third-order valence-electron chi connectivity index (χ3n) is 5.13. The van der Waals surface area contributed by atoms with Gasteiger partial charge in [-0.2, -0.15) is 0 Å². The first-order valence-electron chi connectivity index (χ1n) is 8.77. The molecule has 2 atom stereocenters. The van der Waals surface area contributed by atoms with Crippen molar-refractivity contribution < 1.29 is 4.74 Å². The highest BCUT2D eigenvalue weighted by Gasteiger charge is 2.28. The van der Waals surface area contributed by atoms with Crippen LogP contribution in [0.4, 0.5) is 0 Å². The van der Waals surface area contributed by atoms with E-state index >= 15 is 0 Å². The van der Waals surface area contributed by atoms with Crippen LogP contribution >= 0.6 is 0 Å². The largest absolute Gasteiger partial charge is 0.497 e. The lowest BCUT2D eigenvalue weighted by Gasteiger charge is -2.32. The van der Waals surface area contributed by atoms with Crippen molar-refractivity contribution in [3.05, 3.63) is 42.0 Å². The van der Waals surface area contributed by atoms with Crippen LogP contribution in [-0.4, -0.2) is 25.6 Å². The van der Waals surface area contributed by atoms with Gasteiger partial charge in [0.15, 0.2) is 0 Å². The van der Waals surface area contributed by atoms with Crippen LogP contribution < -0.4 is 4.74 Å². The van der Waals surface area contributed by atoms with Gasteiger partial charge >= 0.3 is 0 Å². The fraction of sp³-hybridized carbons (Fsp3) is 0.600. The van der Waals surface area contributed by atoms with Crippen LogP contribution in [0.15, 0.2) is 36.4 Å². The molecule has 0 N–H and O–H groups in total.